The van der Waals surface area contributed by atoms with E-state index in [0.717, 1.165) is 50.7 Å². The lowest BCUT2D eigenvalue weighted by molar-refractivity contribution is -0.0337. The highest BCUT2D eigenvalue weighted by Crippen LogP contribution is 2.19. The summed E-state index contributed by atoms with van der Waals surface area (Å²) in [5.41, 5.74) is 1.32. The van der Waals surface area contributed by atoms with Gasteiger partial charge in [-0.15, -0.1) is 0 Å². The molecule has 0 bridgehead atoms. The average molecular weight is 287 g/mol. The maximum Gasteiger partial charge on any atom is 0.180 e. The Hall–Kier alpha value is -1.79. The van der Waals surface area contributed by atoms with Gasteiger partial charge in [0.1, 0.15) is 11.9 Å². The normalized spacial score (nSPS) is 19.8. The van der Waals surface area contributed by atoms with Gasteiger partial charge in [0.25, 0.3) is 0 Å². The summed E-state index contributed by atoms with van der Waals surface area (Å²) in [6.07, 6.45) is 5.57. The van der Waals surface area contributed by atoms with Crippen LogP contribution in [0.2, 0.25) is 0 Å². The molecule has 21 heavy (non-hydrogen) atoms. The minimum Gasteiger partial charge on any atom is -0.367 e. The molecule has 0 aromatic carbocycles. The number of hydrogen-bond acceptors (Lipinski definition) is 5. The van der Waals surface area contributed by atoms with Crippen molar-refractivity contribution in [3.63, 3.8) is 0 Å². The second-order valence-electron chi connectivity index (χ2n) is 5.26. The molecule has 1 N–H and O–H groups in total. The van der Waals surface area contributed by atoms with Gasteiger partial charge in [0.15, 0.2) is 5.82 Å². The number of nitrogens with zero attached hydrogens (tertiary/aromatic N) is 4. The lowest BCUT2D eigenvalue weighted by Gasteiger charge is -2.31. The first-order valence-corrected chi connectivity index (χ1v) is 7.49. The van der Waals surface area contributed by atoms with Gasteiger partial charge in [-0.1, -0.05) is 6.92 Å². The van der Waals surface area contributed by atoms with Crippen LogP contribution in [0.5, 0.6) is 0 Å². The van der Waals surface area contributed by atoms with Gasteiger partial charge in [0.2, 0.25) is 0 Å². The van der Waals surface area contributed by atoms with E-state index < -0.39 is 0 Å². The average Bonchev–Trinajstić information content (AvgIpc) is 3.03. The maximum atomic E-state index is 5.81. The van der Waals surface area contributed by atoms with Gasteiger partial charge in [-0.3, -0.25) is 15.0 Å². The van der Waals surface area contributed by atoms with E-state index >= 15 is 0 Å². The Morgan fingerprint density at radius 3 is 3.00 bits per heavy atom. The molecular formula is C15H21N5O. The SMILES string of the molecule is CCc1nc([C@@H]2CN(CCc3ccncc3)CCO2)n[nH]1. The fraction of sp³-hybridized carbons (Fsp3) is 0.533. The molecule has 1 aliphatic rings. The first-order chi connectivity index (χ1) is 10.3. The van der Waals surface area contributed by atoms with Crippen molar-refractivity contribution in [1.29, 1.82) is 0 Å². The van der Waals surface area contributed by atoms with Crippen LogP contribution >= 0.6 is 0 Å². The van der Waals surface area contributed by atoms with Gasteiger partial charge in [-0.2, -0.15) is 5.10 Å². The summed E-state index contributed by atoms with van der Waals surface area (Å²) in [4.78, 5) is 10.9. The van der Waals surface area contributed by atoms with Gasteiger partial charge in [0.05, 0.1) is 6.61 Å². The van der Waals surface area contributed by atoms with Crippen LogP contribution in [0.15, 0.2) is 24.5 Å². The highest BCUT2D eigenvalue weighted by atomic mass is 16.5. The molecule has 0 unspecified atom stereocenters. The zero-order valence-electron chi connectivity index (χ0n) is 12.3. The first kappa shape index (κ1) is 14.2. The number of morpholine rings is 1. The highest BCUT2D eigenvalue weighted by molar-refractivity contribution is 5.10. The standard InChI is InChI=1S/C15H21N5O/c1-2-14-17-15(19-18-14)13-11-20(9-10-21-13)8-5-12-3-6-16-7-4-12/h3-4,6-7,13H,2,5,8-11H2,1H3,(H,17,18,19)/t13-/m0/s1. The van der Waals surface area contributed by atoms with Gasteiger partial charge in [-0.25, -0.2) is 4.98 Å². The third-order valence-corrected chi connectivity index (χ3v) is 3.79. The highest BCUT2D eigenvalue weighted by Gasteiger charge is 2.24. The smallest absolute Gasteiger partial charge is 0.180 e. The van der Waals surface area contributed by atoms with Gasteiger partial charge >= 0.3 is 0 Å². The molecule has 2 aromatic heterocycles. The van der Waals surface area contributed by atoms with Crippen LogP contribution in [0.1, 0.15) is 30.2 Å². The van der Waals surface area contributed by atoms with Crippen molar-refractivity contribution in [2.45, 2.75) is 25.9 Å². The molecule has 3 heterocycles. The zero-order valence-corrected chi connectivity index (χ0v) is 12.3. The minimum absolute atomic E-state index is 0.0206. The molecule has 1 aliphatic heterocycles. The summed E-state index contributed by atoms with van der Waals surface area (Å²) in [5.74, 6) is 1.70. The number of nitrogens with one attached hydrogen (secondary N) is 1. The fourth-order valence-corrected chi connectivity index (χ4v) is 2.51. The molecular weight excluding hydrogens is 266 g/mol. The number of rotatable bonds is 5. The van der Waals surface area contributed by atoms with Gasteiger partial charge in [0, 0.05) is 38.4 Å². The van der Waals surface area contributed by atoms with Crippen molar-refractivity contribution in [3.8, 4) is 0 Å². The monoisotopic (exact) mass is 287 g/mol. The molecule has 0 aliphatic carbocycles. The number of aryl methyl sites for hydroxylation is 1. The number of hydrogen-bond donors (Lipinski definition) is 1. The van der Waals surface area contributed by atoms with Crippen LogP contribution in [-0.2, 0) is 17.6 Å². The lowest BCUT2D eigenvalue weighted by atomic mass is 10.1. The summed E-state index contributed by atoms with van der Waals surface area (Å²) in [5, 5.41) is 7.23. The Balaban J connectivity index is 1.55. The van der Waals surface area contributed by atoms with E-state index in [1.807, 2.05) is 12.4 Å². The predicted octanol–water partition coefficient (Wildman–Crippen LogP) is 1.38. The lowest BCUT2D eigenvalue weighted by Crippen LogP contribution is -2.39. The zero-order chi connectivity index (χ0) is 14.5. The molecule has 1 saturated heterocycles. The number of aromatic nitrogens is 4. The molecule has 0 saturated carbocycles. The first-order valence-electron chi connectivity index (χ1n) is 7.49. The van der Waals surface area contributed by atoms with Crippen LogP contribution < -0.4 is 0 Å². The summed E-state index contributed by atoms with van der Waals surface area (Å²) in [6.45, 7) is 5.64. The Morgan fingerprint density at radius 2 is 2.24 bits per heavy atom. The fourth-order valence-electron chi connectivity index (χ4n) is 2.51. The van der Waals surface area contributed by atoms with Crippen molar-refractivity contribution in [3.05, 3.63) is 41.7 Å². The number of ether oxygens (including phenoxy) is 1. The van der Waals surface area contributed by atoms with Crippen LogP contribution in [0.3, 0.4) is 0 Å². The van der Waals surface area contributed by atoms with Crippen molar-refractivity contribution < 1.29 is 4.74 Å². The predicted molar refractivity (Wildman–Crippen MR) is 78.8 cm³/mol. The van der Waals surface area contributed by atoms with Crippen LogP contribution in [0.4, 0.5) is 0 Å². The summed E-state index contributed by atoms with van der Waals surface area (Å²) < 4.78 is 5.81. The van der Waals surface area contributed by atoms with E-state index in [1.165, 1.54) is 5.56 Å². The number of aromatic amines is 1. The van der Waals surface area contributed by atoms with Crippen molar-refractivity contribution in [1.82, 2.24) is 25.1 Å². The Morgan fingerprint density at radius 1 is 1.38 bits per heavy atom. The van der Waals surface area contributed by atoms with Crippen LogP contribution in [0.25, 0.3) is 0 Å². The minimum atomic E-state index is -0.0206. The molecule has 3 rings (SSSR count). The quantitative estimate of drug-likeness (QED) is 0.900. The van der Waals surface area contributed by atoms with E-state index in [1.54, 1.807) is 0 Å². The topological polar surface area (TPSA) is 66.9 Å². The van der Waals surface area contributed by atoms with Crippen molar-refractivity contribution >= 4 is 0 Å². The Kier molecular flexibility index (Phi) is 4.57. The molecule has 112 valence electrons. The van der Waals surface area contributed by atoms with Crippen LogP contribution in [-0.4, -0.2) is 51.3 Å². The van der Waals surface area contributed by atoms with E-state index in [0.29, 0.717) is 0 Å². The molecule has 1 atom stereocenters. The maximum absolute atomic E-state index is 5.81. The molecule has 1 fully saturated rings. The Labute approximate surface area is 124 Å². The van der Waals surface area contributed by atoms with Crippen molar-refractivity contribution in [2.24, 2.45) is 0 Å². The van der Waals surface area contributed by atoms with Crippen LogP contribution in [0, 0.1) is 0 Å². The van der Waals surface area contributed by atoms with E-state index in [9.17, 15) is 0 Å². The molecule has 0 spiro atoms. The third kappa shape index (κ3) is 3.65. The second-order valence-corrected chi connectivity index (χ2v) is 5.26. The molecule has 6 nitrogen and oxygen atoms in total. The van der Waals surface area contributed by atoms with Gasteiger partial charge in [-0.05, 0) is 24.1 Å². The largest absolute Gasteiger partial charge is 0.367 e. The second kappa shape index (κ2) is 6.78. The molecule has 6 heteroatoms. The molecule has 0 amide bonds. The van der Waals surface area contributed by atoms with Gasteiger partial charge < -0.3 is 4.74 Å². The summed E-state index contributed by atoms with van der Waals surface area (Å²) >= 11 is 0. The van der Waals surface area contributed by atoms with E-state index in [2.05, 4.69) is 44.1 Å². The Bertz CT molecular complexity index is 556. The summed E-state index contributed by atoms with van der Waals surface area (Å²) in [6, 6.07) is 4.14. The van der Waals surface area contributed by atoms with Crippen molar-refractivity contribution in [2.75, 3.05) is 26.2 Å². The third-order valence-electron chi connectivity index (χ3n) is 3.79. The summed E-state index contributed by atoms with van der Waals surface area (Å²) in [7, 11) is 0. The molecule has 0 radical (unpaired) electrons. The molecule has 2 aromatic rings. The van der Waals surface area contributed by atoms with E-state index in [4.69, 9.17) is 4.74 Å². The number of pyridine rings is 1. The van der Waals surface area contributed by atoms with E-state index in [-0.39, 0.29) is 6.10 Å². The number of H-pyrrole nitrogens is 1.